The number of hydrogen-bond acceptors (Lipinski definition) is 3. The van der Waals surface area contributed by atoms with Gasteiger partial charge in [-0.05, 0) is 19.9 Å². The largest absolute Gasteiger partial charge is 0.352 e. The van der Waals surface area contributed by atoms with E-state index in [1.54, 1.807) is 0 Å². The summed E-state index contributed by atoms with van der Waals surface area (Å²) in [5.41, 5.74) is 0.286. The van der Waals surface area contributed by atoms with Crippen molar-refractivity contribution in [1.82, 2.24) is 15.2 Å². The SMILES string of the molecule is CC(C)NC(=O)CN(C)C(=O)c1cnc(Cl)c(Cl)c1. The van der Waals surface area contributed by atoms with E-state index in [1.165, 1.54) is 24.2 Å². The van der Waals surface area contributed by atoms with E-state index in [2.05, 4.69) is 10.3 Å². The van der Waals surface area contributed by atoms with Gasteiger partial charge in [0, 0.05) is 19.3 Å². The van der Waals surface area contributed by atoms with Crippen LogP contribution in [-0.4, -0.2) is 41.3 Å². The van der Waals surface area contributed by atoms with Gasteiger partial charge in [-0.1, -0.05) is 23.2 Å². The van der Waals surface area contributed by atoms with Crippen molar-refractivity contribution in [1.29, 1.82) is 0 Å². The maximum Gasteiger partial charge on any atom is 0.255 e. The molecule has 0 aliphatic carbocycles. The summed E-state index contributed by atoms with van der Waals surface area (Å²) in [7, 11) is 1.53. The molecule has 1 rings (SSSR count). The number of aromatic nitrogens is 1. The number of likely N-dealkylation sites (N-methyl/N-ethyl adjacent to an activating group) is 1. The highest BCUT2D eigenvalue weighted by molar-refractivity contribution is 6.41. The third-order valence-corrected chi connectivity index (χ3v) is 2.91. The first-order valence-electron chi connectivity index (χ1n) is 5.67. The van der Waals surface area contributed by atoms with Crippen LogP contribution in [0.4, 0.5) is 0 Å². The number of hydrogen-bond donors (Lipinski definition) is 1. The first kappa shape index (κ1) is 15.7. The van der Waals surface area contributed by atoms with Crippen molar-refractivity contribution in [3.8, 4) is 0 Å². The number of carbonyl (C=O) groups excluding carboxylic acids is 2. The summed E-state index contributed by atoms with van der Waals surface area (Å²) in [4.78, 5) is 28.7. The van der Waals surface area contributed by atoms with Crippen molar-refractivity contribution in [3.63, 3.8) is 0 Å². The van der Waals surface area contributed by atoms with Gasteiger partial charge in [0.15, 0.2) is 0 Å². The van der Waals surface area contributed by atoms with Gasteiger partial charge in [-0.3, -0.25) is 9.59 Å². The Morgan fingerprint density at radius 1 is 1.42 bits per heavy atom. The van der Waals surface area contributed by atoms with Crippen LogP contribution in [0.3, 0.4) is 0 Å². The molecule has 0 unspecified atom stereocenters. The second-order valence-corrected chi connectivity index (χ2v) is 5.15. The highest BCUT2D eigenvalue weighted by Gasteiger charge is 2.16. The van der Waals surface area contributed by atoms with Gasteiger partial charge in [0.25, 0.3) is 5.91 Å². The van der Waals surface area contributed by atoms with Gasteiger partial charge in [0.1, 0.15) is 5.15 Å². The van der Waals surface area contributed by atoms with Crippen molar-refractivity contribution < 1.29 is 9.59 Å². The van der Waals surface area contributed by atoms with Crippen LogP contribution in [-0.2, 0) is 4.79 Å². The van der Waals surface area contributed by atoms with E-state index >= 15 is 0 Å². The molecule has 0 bridgehead atoms. The molecule has 0 saturated heterocycles. The Kier molecular flexibility index (Phi) is 5.57. The van der Waals surface area contributed by atoms with Crippen LogP contribution in [0.1, 0.15) is 24.2 Å². The van der Waals surface area contributed by atoms with E-state index < -0.39 is 0 Å². The molecule has 1 aromatic rings. The average Bonchev–Trinajstić information content (AvgIpc) is 2.30. The van der Waals surface area contributed by atoms with E-state index in [1.807, 2.05) is 13.8 Å². The van der Waals surface area contributed by atoms with Gasteiger partial charge in [0.05, 0.1) is 17.1 Å². The van der Waals surface area contributed by atoms with Crippen molar-refractivity contribution in [2.75, 3.05) is 13.6 Å². The molecule has 0 aromatic carbocycles. The molecule has 2 amide bonds. The molecule has 0 spiro atoms. The highest BCUT2D eigenvalue weighted by Crippen LogP contribution is 2.20. The quantitative estimate of drug-likeness (QED) is 0.865. The smallest absolute Gasteiger partial charge is 0.255 e. The van der Waals surface area contributed by atoms with Gasteiger partial charge in [-0.25, -0.2) is 4.98 Å². The van der Waals surface area contributed by atoms with E-state index in [9.17, 15) is 9.59 Å². The lowest BCUT2D eigenvalue weighted by molar-refractivity contribution is -0.122. The molecule has 0 fully saturated rings. The monoisotopic (exact) mass is 303 g/mol. The Balaban J connectivity index is 2.71. The molecule has 0 radical (unpaired) electrons. The lowest BCUT2D eigenvalue weighted by Crippen LogP contribution is -2.40. The molecule has 1 aromatic heterocycles. The summed E-state index contributed by atoms with van der Waals surface area (Å²) in [6.45, 7) is 3.67. The first-order chi connectivity index (χ1) is 8.81. The Hall–Kier alpha value is -1.33. The maximum absolute atomic E-state index is 12.0. The number of carbonyl (C=O) groups is 2. The summed E-state index contributed by atoms with van der Waals surface area (Å²) < 4.78 is 0. The molecule has 7 heteroatoms. The molecule has 1 heterocycles. The predicted octanol–water partition coefficient (Wildman–Crippen LogP) is 1.98. The van der Waals surface area contributed by atoms with E-state index in [0.717, 1.165) is 0 Å². The minimum absolute atomic E-state index is 0.0302. The molecule has 0 atom stereocenters. The van der Waals surface area contributed by atoms with Crippen LogP contribution in [0.5, 0.6) is 0 Å². The fraction of sp³-hybridized carbons (Fsp3) is 0.417. The zero-order chi connectivity index (χ0) is 14.6. The van der Waals surface area contributed by atoms with E-state index in [0.29, 0.717) is 0 Å². The number of nitrogens with zero attached hydrogens (tertiary/aromatic N) is 2. The van der Waals surface area contributed by atoms with Gasteiger partial charge in [-0.2, -0.15) is 0 Å². The third kappa shape index (κ3) is 4.69. The van der Waals surface area contributed by atoms with Crippen LogP contribution in [0, 0.1) is 0 Å². The Morgan fingerprint density at radius 2 is 2.05 bits per heavy atom. The molecule has 0 saturated carbocycles. The van der Waals surface area contributed by atoms with Gasteiger partial charge in [-0.15, -0.1) is 0 Å². The number of pyridine rings is 1. The zero-order valence-electron chi connectivity index (χ0n) is 10.9. The number of rotatable bonds is 4. The van der Waals surface area contributed by atoms with Crippen LogP contribution in [0.25, 0.3) is 0 Å². The van der Waals surface area contributed by atoms with Crippen molar-refractivity contribution in [2.24, 2.45) is 0 Å². The van der Waals surface area contributed by atoms with Gasteiger partial charge >= 0.3 is 0 Å². The molecular weight excluding hydrogens is 289 g/mol. The summed E-state index contributed by atoms with van der Waals surface area (Å²) in [6, 6.07) is 1.46. The topological polar surface area (TPSA) is 62.3 Å². The maximum atomic E-state index is 12.0. The molecule has 1 N–H and O–H groups in total. The minimum atomic E-state index is -0.343. The lowest BCUT2D eigenvalue weighted by atomic mass is 10.2. The Bertz CT molecular complexity index is 492. The molecule has 19 heavy (non-hydrogen) atoms. The first-order valence-corrected chi connectivity index (χ1v) is 6.42. The number of halogens is 2. The summed E-state index contributed by atoms with van der Waals surface area (Å²) in [5.74, 6) is -0.566. The van der Waals surface area contributed by atoms with Crippen molar-refractivity contribution in [2.45, 2.75) is 19.9 Å². The van der Waals surface area contributed by atoms with Gasteiger partial charge < -0.3 is 10.2 Å². The highest BCUT2D eigenvalue weighted by atomic mass is 35.5. The van der Waals surface area contributed by atoms with E-state index in [-0.39, 0.29) is 40.1 Å². The van der Waals surface area contributed by atoms with Crippen molar-refractivity contribution >= 4 is 35.0 Å². The molecule has 0 aliphatic heterocycles. The lowest BCUT2D eigenvalue weighted by Gasteiger charge is -2.18. The molecular formula is C12H15Cl2N3O2. The molecule has 0 aliphatic rings. The fourth-order valence-electron chi connectivity index (χ4n) is 1.41. The second kappa shape index (κ2) is 6.73. The van der Waals surface area contributed by atoms with E-state index in [4.69, 9.17) is 23.2 Å². The standard InChI is InChI=1S/C12H15Cl2N3O2/c1-7(2)16-10(18)6-17(3)12(19)8-4-9(13)11(14)15-5-8/h4-5,7H,6H2,1-3H3,(H,16,18). The second-order valence-electron chi connectivity index (χ2n) is 4.38. The average molecular weight is 304 g/mol. The Morgan fingerprint density at radius 3 is 2.58 bits per heavy atom. The van der Waals surface area contributed by atoms with Crippen LogP contribution in [0.2, 0.25) is 10.2 Å². The third-order valence-electron chi connectivity index (χ3n) is 2.22. The summed E-state index contributed by atoms with van der Waals surface area (Å²) in [5, 5.41) is 3.04. The molecule has 5 nitrogen and oxygen atoms in total. The van der Waals surface area contributed by atoms with Crippen molar-refractivity contribution in [3.05, 3.63) is 28.0 Å². The zero-order valence-corrected chi connectivity index (χ0v) is 12.4. The number of amides is 2. The van der Waals surface area contributed by atoms with Crippen LogP contribution >= 0.6 is 23.2 Å². The summed E-state index contributed by atoms with van der Waals surface area (Å²) in [6.07, 6.45) is 1.33. The number of nitrogens with one attached hydrogen (secondary N) is 1. The normalized spacial score (nSPS) is 10.4. The predicted molar refractivity (Wildman–Crippen MR) is 74.5 cm³/mol. The molecule has 104 valence electrons. The van der Waals surface area contributed by atoms with Crippen LogP contribution < -0.4 is 5.32 Å². The fourth-order valence-corrected chi connectivity index (χ4v) is 1.68. The van der Waals surface area contributed by atoms with Crippen LogP contribution in [0.15, 0.2) is 12.3 Å². The minimum Gasteiger partial charge on any atom is -0.352 e. The summed E-state index contributed by atoms with van der Waals surface area (Å²) >= 11 is 11.5. The van der Waals surface area contributed by atoms with Gasteiger partial charge in [0.2, 0.25) is 5.91 Å². The Labute approximate surface area is 121 Å².